The first kappa shape index (κ1) is 13.3. The molecule has 0 saturated carbocycles. The molecule has 0 aromatic carbocycles. The number of hydrogen-bond acceptors (Lipinski definition) is 5. The molecule has 2 aromatic heterocycles. The van der Waals surface area contributed by atoms with Crippen molar-refractivity contribution in [2.75, 3.05) is 0 Å². The highest BCUT2D eigenvalue weighted by Crippen LogP contribution is 2.28. The number of carboxylic acid groups (broad SMARTS) is 1. The Bertz CT molecular complexity index is 677. The summed E-state index contributed by atoms with van der Waals surface area (Å²) in [6, 6.07) is 1.63. The number of rotatable bonds is 4. The second-order valence-electron chi connectivity index (χ2n) is 3.77. The van der Waals surface area contributed by atoms with Gasteiger partial charge in [0.05, 0.1) is 5.56 Å². The normalized spacial score (nSPS) is 10.6. The van der Waals surface area contributed by atoms with Crippen molar-refractivity contribution >= 4 is 17.7 Å². The minimum absolute atomic E-state index is 0.130. The van der Waals surface area contributed by atoms with Gasteiger partial charge in [0.15, 0.2) is 5.16 Å². The Labute approximate surface area is 112 Å². The standard InChI is InChI=1S/C11H12N4O3S/c1-3-15-10(18)13-14-11(15)19-8-7(9(16)17)6(2)4-5-12-8/h4-5H,3H2,1-2H3,(H,13,18)(H,16,17). The molecule has 0 amide bonds. The Balaban J connectivity index is 2.47. The van der Waals surface area contributed by atoms with Gasteiger partial charge in [0.2, 0.25) is 0 Å². The van der Waals surface area contributed by atoms with E-state index in [1.165, 1.54) is 10.8 Å². The largest absolute Gasteiger partial charge is 0.478 e. The van der Waals surface area contributed by atoms with Gasteiger partial charge >= 0.3 is 11.7 Å². The van der Waals surface area contributed by atoms with Crippen LogP contribution in [0.2, 0.25) is 0 Å². The van der Waals surface area contributed by atoms with Gasteiger partial charge < -0.3 is 5.11 Å². The van der Waals surface area contributed by atoms with Crippen molar-refractivity contribution in [2.24, 2.45) is 0 Å². The first-order valence-corrected chi connectivity index (χ1v) is 6.38. The lowest BCUT2D eigenvalue weighted by molar-refractivity contribution is 0.0691. The molecule has 8 heteroatoms. The lowest BCUT2D eigenvalue weighted by Crippen LogP contribution is -2.16. The molecule has 2 heterocycles. The number of nitrogens with one attached hydrogen (secondary N) is 1. The molecule has 2 aromatic rings. The molecule has 0 spiro atoms. The molecule has 0 fully saturated rings. The highest BCUT2D eigenvalue weighted by Gasteiger charge is 2.18. The smallest absolute Gasteiger partial charge is 0.343 e. The van der Waals surface area contributed by atoms with E-state index in [1.54, 1.807) is 13.0 Å². The van der Waals surface area contributed by atoms with Crippen molar-refractivity contribution in [3.8, 4) is 0 Å². The summed E-state index contributed by atoms with van der Waals surface area (Å²) in [7, 11) is 0. The molecule has 7 nitrogen and oxygen atoms in total. The summed E-state index contributed by atoms with van der Waals surface area (Å²) in [5.74, 6) is -1.05. The molecule has 0 saturated heterocycles. The van der Waals surface area contributed by atoms with Crippen molar-refractivity contribution in [1.29, 1.82) is 0 Å². The van der Waals surface area contributed by atoms with Crippen LogP contribution in [0.15, 0.2) is 27.2 Å². The summed E-state index contributed by atoms with van der Waals surface area (Å²) in [6.45, 7) is 3.96. The van der Waals surface area contributed by atoms with Gasteiger partial charge in [0.1, 0.15) is 5.03 Å². The third-order valence-electron chi connectivity index (χ3n) is 2.57. The fraction of sp³-hybridized carbons (Fsp3) is 0.273. The number of aryl methyl sites for hydroxylation is 1. The van der Waals surface area contributed by atoms with Gasteiger partial charge in [-0.05, 0) is 37.2 Å². The number of aromatic carboxylic acids is 1. The summed E-state index contributed by atoms with van der Waals surface area (Å²) in [5.41, 5.74) is 0.422. The quantitative estimate of drug-likeness (QED) is 0.871. The van der Waals surface area contributed by atoms with Crippen LogP contribution in [0, 0.1) is 6.92 Å². The number of carboxylic acids is 1. The molecule has 0 aliphatic carbocycles. The van der Waals surface area contributed by atoms with Crippen LogP contribution in [-0.2, 0) is 6.54 Å². The van der Waals surface area contributed by atoms with Gasteiger partial charge in [0.25, 0.3) is 0 Å². The summed E-state index contributed by atoms with van der Waals surface area (Å²) >= 11 is 1.06. The van der Waals surface area contributed by atoms with Crippen LogP contribution in [0.3, 0.4) is 0 Å². The van der Waals surface area contributed by atoms with Crippen LogP contribution < -0.4 is 5.69 Å². The number of carbonyl (C=O) groups is 1. The molecular weight excluding hydrogens is 268 g/mol. The number of nitrogens with zero attached hydrogens (tertiary/aromatic N) is 3. The third-order valence-corrected chi connectivity index (χ3v) is 3.56. The Hall–Kier alpha value is -2.09. The Kier molecular flexibility index (Phi) is 3.70. The van der Waals surface area contributed by atoms with Crippen molar-refractivity contribution in [3.63, 3.8) is 0 Å². The molecule has 19 heavy (non-hydrogen) atoms. The van der Waals surface area contributed by atoms with Crippen LogP contribution in [0.4, 0.5) is 0 Å². The van der Waals surface area contributed by atoms with Gasteiger partial charge in [-0.15, -0.1) is 5.10 Å². The third kappa shape index (κ3) is 2.53. The first-order valence-electron chi connectivity index (χ1n) is 5.56. The van der Waals surface area contributed by atoms with Crippen molar-refractivity contribution in [1.82, 2.24) is 19.7 Å². The SMILES string of the molecule is CCn1c(Sc2nccc(C)c2C(=O)O)n[nH]c1=O. The van der Waals surface area contributed by atoms with E-state index >= 15 is 0 Å². The Morgan fingerprint density at radius 2 is 2.32 bits per heavy atom. The molecule has 0 unspecified atom stereocenters. The second kappa shape index (κ2) is 5.27. The topological polar surface area (TPSA) is 101 Å². The number of hydrogen-bond donors (Lipinski definition) is 2. The minimum atomic E-state index is -1.05. The molecule has 100 valence electrons. The molecule has 2 rings (SSSR count). The van der Waals surface area contributed by atoms with E-state index in [0.717, 1.165) is 11.8 Å². The highest BCUT2D eigenvalue weighted by atomic mass is 32.2. The highest BCUT2D eigenvalue weighted by molar-refractivity contribution is 7.99. The molecule has 0 atom stereocenters. The van der Waals surface area contributed by atoms with Gasteiger partial charge in [0, 0.05) is 12.7 Å². The maximum absolute atomic E-state index is 11.4. The maximum atomic E-state index is 11.4. The van der Waals surface area contributed by atoms with Gasteiger partial charge in [-0.2, -0.15) is 0 Å². The Morgan fingerprint density at radius 1 is 1.58 bits per heavy atom. The number of pyridine rings is 1. The van der Waals surface area contributed by atoms with Crippen LogP contribution in [-0.4, -0.2) is 30.8 Å². The van der Waals surface area contributed by atoms with Gasteiger partial charge in [-0.3, -0.25) is 4.57 Å². The fourth-order valence-electron chi connectivity index (χ4n) is 1.62. The average molecular weight is 280 g/mol. The zero-order valence-corrected chi connectivity index (χ0v) is 11.2. The molecular formula is C11H12N4O3S. The van der Waals surface area contributed by atoms with Crippen molar-refractivity contribution in [3.05, 3.63) is 33.9 Å². The predicted molar refractivity (Wildman–Crippen MR) is 68.6 cm³/mol. The minimum Gasteiger partial charge on any atom is -0.478 e. The van der Waals surface area contributed by atoms with E-state index in [9.17, 15) is 14.7 Å². The summed E-state index contributed by atoms with van der Waals surface area (Å²) in [5, 5.41) is 16.1. The summed E-state index contributed by atoms with van der Waals surface area (Å²) in [6.07, 6.45) is 1.53. The molecule has 0 radical (unpaired) electrons. The summed E-state index contributed by atoms with van der Waals surface area (Å²) in [4.78, 5) is 26.7. The number of aromatic amines is 1. The van der Waals surface area contributed by atoms with E-state index in [2.05, 4.69) is 15.2 Å². The molecule has 0 aliphatic heterocycles. The van der Waals surface area contributed by atoms with E-state index in [1.807, 2.05) is 6.92 Å². The van der Waals surface area contributed by atoms with Gasteiger partial charge in [-0.1, -0.05) is 0 Å². The van der Waals surface area contributed by atoms with E-state index < -0.39 is 5.97 Å². The maximum Gasteiger partial charge on any atom is 0.343 e. The van der Waals surface area contributed by atoms with E-state index in [4.69, 9.17) is 0 Å². The monoisotopic (exact) mass is 280 g/mol. The van der Waals surface area contributed by atoms with Crippen LogP contribution in [0.25, 0.3) is 0 Å². The average Bonchev–Trinajstić information content (AvgIpc) is 2.69. The predicted octanol–water partition coefficient (Wildman–Crippen LogP) is 1.14. The fourth-order valence-corrected chi connectivity index (χ4v) is 2.67. The van der Waals surface area contributed by atoms with Gasteiger partial charge in [-0.25, -0.2) is 19.7 Å². The van der Waals surface area contributed by atoms with Crippen molar-refractivity contribution < 1.29 is 9.90 Å². The van der Waals surface area contributed by atoms with Crippen LogP contribution in [0.5, 0.6) is 0 Å². The van der Waals surface area contributed by atoms with Crippen LogP contribution >= 0.6 is 11.8 Å². The molecule has 0 aliphatic rings. The zero-order chi connectivity index (χ0) is 14.0. The number of aromatic nitrogens is 4. The number of H-pyrrole nitrogens is 1. The van der Waals surface area contributed by atoms with E-state index in [0.29, 0.717) is 22.3 Å². The molecule has 0 bridgehead atoms. The second-order valence-corrected chi connectivity index (χ2v) is 4.73. The molecule has 2 N–H and O–H groups in total. The lowest BCUT2D eigenvalue weighted by Gasteiger charge is -2.06. The van der Waals surface area contributed by atoms with Crippen LogP contribution in [0.1, 0.15) is 22.8 Å². The lowest BCUT2D eigenvalue weighted by atomic mass is 10.2. The van der Waals surface area contributed by atoms with Crippen molar-refractivity contribution in [2.45, 2.75) is 30.6 Å². The Morgan fingerprint density at radius 3 is 2.95 bits per heavy atom. The first-order chi connectivity index (χ1) is 9.04. The summed E-state index contributed by atoms with van der Waals surface area (Å²) < 4.78 is 1.42. The zero-order valence-electron chi connectivity index (χ0n) is 10.4. The van der Waals surface area contributed by atoms with E-state index in [-0.39, 0.29) is 11.3 Å².